The first-order valence-corrected chi connectivity index (χ1v) is 4.11. The van der Waals surface area contributed by atoms with Gasteiger partial charge in [0.05, 0.1) is 13.2 Å². The van der Waals surface area contributed by atoms with Crippen LogP contribution in [0.3, 0.4) is 0 Å². The van der Waals surface area contributed by atoms with Crippen LogP contribution in [0.5, 0.6) is 0 Å². The van der Waals surface area contributed by atoms with Gasteiger partial charge in [-0.1, -0.05) is 12.8 Å². The van der Waals surface area contributed by atoms with Crippen molar-refractivity contribution in [1.29, 1.82) is 0 Å². The van der Waals surface area contributed by atoms with Crippen molar-refractivity contribution in [2.75, 3.05) is 20.2 Å². The highest BCUT2D eigenvalue weighted by molar-refractivity contribution is 5.88. The third-order valence-electron chi connectivity index (χ3n) is 2.06. The van der Waals surface area contributed by atoms with Crippen LogP contribution in [0, 0.1) is 11.8 Å². The minimum Gasteiger partial charge on any atom is -0.459 e. The molecule has 66 valence electrons. The first-order valence-electron chi connectivity index (χ1n) is 4.11. The topological polar surface area (TPSA) is 29.5 Å². The van der Waals surface area contributed by atoms with Crippen LogP contribution in [0.1, 0.15) is 13.3 Å². The van der Waals surface area contributed by atoms with E-state index in [4.69, 9.17) is 0 Å². The average Bonchev–Trinajstić information content (AvgIpc) is 2.03. The third-order valence-corrected chi connectivity index (χ3v) is 2.06. The first-order chi connectivity index (χ1) is 5.77. The Balaban J connectivity index is 2.38. The molecule has 0 bridgehead atoms. The second-order valence-electron chi connectivity index (χ2n) is 2.69. The Bertz CT molecular complexity index is 224. The van der Waals surface area contributed by atoms with Crippen molar-refractivity contribution in [3.63, 3.8) is 0 Å². The molecule has 1 aliphatic heterocycles. The van der Waals surface area contributed by atoms with Crippen molar-refractivity contribution in [3.05, 3.63) is 0 Å². The lowest BCUT2D eigenvalue weighted by atomic mass is 10.0. The molecule has 0 aliphatic carbocycles. The maximum absolute atomic E-state index is 10.6. The normalized spacial score (nSPS) is 22.0. The maximum Gasteiger partial charge on any atom is 0.384 e. The molecule has 1 fully saturated rings. The summed E-state index contributed by atoms with van der Waals surface area (Å²) < 4.78 is 4.41. The Labute approximate surface area is 72.7 Å². The number of rotatable bonds is 1. The van der Waals surface area contributed by atoms with Gasteiger partial charge in [-0.3, -0.25) is 4.90 Å². The van der Waals surface area contributed by atoms with Gasteiger partial charge in [0, 0.05) is 12.5 Å². The molecule has 0 saturated carbocycles. The summed E-state index contributed by atoms with van der Waals surface area (Å²) in [4.78, 5) is 12.9. The number of hydrogen-bond acceptors (Lipinski definition) is 3. The fraction of sp³-hybridized carbons (Fsp3) is 0.667. The number of hydrogen-bond donors (Lipinski definition) is 0. The van der Waals surface area contributed by atoms with E-state index in [1.807, 2.05) is 0 Å². The summed E-state index contributed by atoms with van der Waals surface area (Å²) in [6, 6.07) is 0.272. The summed E-state index contributed by atoms with van der Waals surface area (Å²) in [7, 11) is 1.34. The minimum atomic E-state index is -0.446. The molecule has 1 aliphatic rings. The van der Waals surface area contributed by atoms with Gasteiger partial charge in [-0.05, 0) is 13.0 Å². The molecular formula is C9H13NO2. The van der Waals surface area contributed by atoms with E-state index < -0.39 is 5.97 Å². The second kappa shape index (κ2) is 4.13. The van der Waals surface area contributed by atoms with E-state index >= 15 is 0 Å². The Morgan fingerprint density at radius 2 is 2.50 bits per heavy atom. The van der Waals surface area contributed by atoms with Gasteiger partial charge in [-0.15, -0.1) is 0 Å². The maximum atomic E-state index is 10.6. The largest absolute Gasteiger partial charge is 0.459 e. The van der Waals surface area contributed by atoms with Crippen molar-refractivity contribution in [2.24, 2.45) is 0 Å². The Hall–Kier alpha value is -1.01. The number of ether oxygens (including phenoxy) is 1. The van der Waals surface area contributed by atoms with Gasteiger partial charge in [0.1, 0.15) is 0 Å². The van der Waals surface area contributed by atoms with Crippen molar-refractivity contribution in [1.82, 2.24) is 4.90 Å². The Kier molecular flexibility index (Phi) is 3.12. The molecule has 0 radical (unpaired) electrons. The highest BCUT2D eigenvalue weighted by Crippen LogP contribution is 2.14. The number of esters is 1. The van der Waals surface area contributed by atoms with Gasteiger partial charge in [-0.25, -0.2) is 4.79 Å². The number of nitrogens with zero attached hydrogens (tertiary/aromatic N) is 1. The third kappa shape index (κ3) is 1.99. The zero-order chi connectivity index (χ0) is 8.97. The molecule has 12 heavy (non-hydrogen) atoms. The number of likely N-dealkylation sites (tertiary alicyclic amines) is 1. The minimum absolute atomic E-state index is 0.272. The molecule has 1 saturated heterocycles. The van der Waals surface area contributed by atoms with E-state index in [0.29, 0.717) is 0 Å². The molecule has 3 heteroatoms. The van der Waals surface area contributed by atoms with Gasteiger partial charge >= 0.3 is 5.97 Å². The molecular weight excluding hydrogens is 154 g/mol. The van der Waals surface area contributed by atoms with Crippen LogP contribution in [0.4, 0.5) is 0 Å². The van der Waals surface area contributed by atoms with Crippen LogP contribution in [0.25, 0.3) is 0 Å². The van der Waals surface area contributed by atoms with Crippen LogP contribution in [-0.2, 0) is 9.53 Å². The SMILES string of the molecule is CCN1CCC1C#CC(=O)OC. The predicted molar refractivity (Wildman–Crippen MR) is 45.4 cm³/mol. The summed E-state index contributed by atoms with van der Waals surface area (Å²) in [6.07, 6.45) is 1.07. The van der Waals surface area contributed by atoms with Gasteiger partial charge in [0.25, 0.3) is 0 Å². The van der Waals surface area contributed by atoms with Gasteiger partial charge in [-0.2, -0.15) is 0 Å². The molecule has 0 N–H and O–H groups in total. The average molecular weight is 167 g/mol. The van der Waals surface area contributed by atoms with Gasteiger partial charge in [0.15, 0.2) is 0 Å². The molecule has 0 aromatic carbocycles. The number of carbonyl (C=O) groups excluding carboxylic acids is 1. The molecule has 1 heterocycles. The lowest BCUT2D eigenvalue weighted by Crippen LogP contribution is -2.46. The quantitative estimate of drug-likeness (QED) is 0.319. The van der Waals surface area contributed by atoms with E-state index in [0.717, 1.165) is 19.5 Å². The zero-order valence-corrected chi connectivity index (χ0v) is 7.46. The summed E-state index contributed by atoms with van der Waals surface area (Å²) >= 11 is 0. The molecule has 0 spiro atoms. The van der Waals surface area contributed by atoms with Crippen molar-refractivity contribution >= 4 is 5.97 Å². The van der Waals surface area contributed by atoms with Crippen molar-refractivity contribution in [2.45, 2.75) is 19.4 Å². The highest BCUT2D eigenvalue weighted by atomic mass is 16.5. The molecule has 0 aromatic heterocycles. The van der Waals surface area contributed by atoms with Crippen LogP contribution in [0.15, 0.2) is 0 Å². The fourth-order valence-corrected chi connectivity index (χ4v) is 1.18. The lowest BCUT2D eigenvalue weighted by Gasteiger charge is -2.36. The molecule has 1 rings (SSSR count). The summed E-state index contributed by atoms with van der Waals surface area (Å²) in [6.45, 7) is 4.18. The molecule has 1 unspecified atom stereocenters. The van der Waals surface area contributed by atoms with Crippen molar-refractivity contribution < 1.29 is 9.53 Å². The van der Waals surface area contributed by atoms with Crippen LogP contribution < -0.4 is 0 Å². The first kappa shape index (κ1) is 9.08. The molecule has 3 nitrogen and oxygen atoms in total. The van der Waals surface area contributed by atoms with E-state index in [9.17, 15) is 4.79 Å². The predicted octanol–water partition coefficient (Wildman–Crippen LogP) is 0.257. The van der Waals surface area contributed by atoms with E-state index in [1.54, 1.807) is 0 Å². The smallest absolute Gasteiger partial charge is 0.384 e. The van der Waals surface area contributed by atoms with E-state index in [-0.39, 0.29) is 6.04 Å². The Morgan fingerprint density at radius 3 is 2.92 bits per heavy atom. The van der Waals surface area contributed by atoms with Crippen LogP contribution >= 0.6 is 0 Å². The van der Waals surface area contributed by atoms with Crippen LogP contribution in [0.2, 0.25) is 0 Å². The Morgan fingerprint density at radius 1 is 1.75 bits per heavy atom. The molecule has 1 atom stereocenters. The summed E-state index contributed by atoms with van der Waals surface area (Å²) in [5.41, 5.74) is 0. The van der Waals surface area contributed by atoms with Gasteiger partial charge in [0.2, 0.25) is 0 Å². The molecule has 0 amide bonds. The second-order valence-corrected chi connectivity index (χ2v) is 2.69. The number of methoxy groups -OCH3 is 1. The van der Waals surface area contributed by atoms with Crippen molar-refractivity contribution in [3.8, 4) is 11.8 Å². The molecule has 0 aromatic rings. The summed E-state index contributed by atoms with van der Waals surface area (Å²) in [5.74, 6) is 4.87. The standard InChI is InChI=1S/C9H13NO2/c1-3-10-7-6-8(10)4-5-9(11)12-2/h8H,3,6-7H2,1-2H3. The van der Waals surface area contributed by atoms with E-state index in [1.165, 1.54) is 7.11 Å². The highest BCUT2D eigenvalue weighted by Gasteiger charge is 2.23. The zero-order valence-electron chi connectivity index (χ0n) is 7.46. The fourth-order valence-electron chi connectivity index (χ4n) is 1.18. The number of carbonyl (C=O) groups is 1. The lowest BCUT2D eigenvalue weighted by molar-refractivity contribution is -0.133. The van der Waals surface area contributed by atoms with E-state index in [2.05, 4.69) is 28.4 Å². The summed E-state index contributed by atoms with van der Waals surface area (Å²) in [5, 5.41) is 0. The van der Waals surface area contributed by atoms with Crippen LogP contribution in [-0.4, -0.2) is 37.1 Å². The monoisotopic (exact) mass is 167 g/mol. The van der Waals surface area contributed by atoms with Gasteiger partial charge < -0.3 is 4.74 Å².